The van der Waals surface area contributed by atoms with Crippen LogP contribution in [0, 0.1) is 12.7 Å². The quantitative estimate of drug-likeness (QED) is 0.941. The second kappa shape index (κ2) is 4.87. The number of anilines is 1. The van der Waals surface area contributed by atoms with Crippen LogP contribution in [-0.4, -0.2) is 8.42 Å². The molecule has 0 fully saturated rings. The van der Waals surface area contributed by atoms with E-state index in [1.165, 1.54) is 18.2 Å². The summed E-state index contributed by atoms with van der Waals surface area (Å²) >= 11 is 6.75. The highest BCUT2D eigenvalue weighted by Crippen LogP contribution is 2.25. The van der Waals surface area contributed by atoms with Crippen molar-refractivity contribution in [3.63, 3.8) is 0 Å². The molecule has 0 aliphatic rings. The number of aryl methyl sites for hydroxylation is 1. The molecule has 0 spiro atoms. The number of benzene rings is 1. The van der Waals surface area contributed by atoms with Gasteiger partial charge in [0.2, 0.25) is 0 Å². The number of hydrogen-bond acceptors (Lipinski definition) is 3. The first-order valence-corrected chi connectivity index (χ1v) is 7.60. The maximum absolute atomic E-state index is 13.0. The summed E-state index contributed by atoms with van der Waals surface area (Å²) in [6.07, 6.45) is 0. The average molecular weight is 306 g/mol. The zero-order valence-corrected chi connectivity index (χ0v) is 11.7. The highest BCUT2D eigenvalue weighted by atomic mass is 35.5. The van der Waals surface area contributed by atoms with E-state index in [-0.39, 0.29) is 14.9 Å². The maximum atomic E-state index is 13.0. The summed E-state index contributed by atoms with van der Waals surface area (Å²) in [6.45, 7) is 1.82. The van der Waals surface area contributed by atoms with Gasteiger partial charge in [0.1, 0.15) is 10.0 Å². The Kier molecular flexibility index (Phi) is 3.61. The van der Waals surface area contributed by atoms with Crippen molar-refractivity contribution >= 4 is 38.6 Å². The van der Waals surface area contributed by atoms with E-state index >= 15 is 0 Å². The van der Waals surface area contributed by atoms with E-state index in [1.54, 1.807) is 6.07 Å². The minimum absolute atomic E-state index is 0.127. The van der Waals surface area contributed by atoms with E-state index in [1.807, 2.05) is 6.92 Å². The second-order valence-electron chi connectivity index (χ2n) is 3.60. The van der Waals surface area contributed by atoms with Crippen LogP contribution in [0.3, 0.4) is 0 Å². The van der Waals surface area contributed by atoms with Gasteiger partial charge in [-0.05, 0) is 37.3 Å². The molecule has 0 radical (unpaired) electrons. The first-order chi connectivity index (χ1) is 8.38. The molecule has 0 bridgehead atoms. The van der Waals surface area contributed by atoms with Gasteiger partial charge in [0.25, 0.3) is 10.0 Å². The lowest BCUT2D eigenvalue weighted by Gasteiger charge is -2.06. The molecule has 18 heavy (non-hydrogen) atoms. The number of thiophene rings is 1. The Balaban J connectivity index is 2.30. The minimum Gasteiger partial charge on any atom is -0.279 e. The van der Waals surface area contributed by atoms with Gasteiger partial charge >= 0.3 is 0 Å². The fourth-order valence-electron chi connectivity index (χ4n) is 1.32. The third-order valence-electron chi connectivity index (χ3n) is 2.15. The van der Waals surface area contributed by atoms with Crippen molar-refractivity contribution < 1.29 is 12.8 Å². The molecule has 0 aliphatic carbocycles. The standard InChI is InChI=1S/C11H9ClFNO2S2/c1-7-2-5-11(17-7)18(15,16)14-8-3-4-10(13)9(12)6-8/h2-6,14H,1H3. The highest BCUT2D eigenvalue weighted by Gasteiger charge is 2.16. The lowest BCUT2D eigenvalue weighted by molar-refractivity contribution is 0.603. The fourth-order valence-corrected chi connectivity index (χ4v) is 3.83. The monoisotopic (exact) mass is 305 g/mol. The number of hydrogen-bond donors (Lipinski definition) is 1. The van der Waals surface area contributed by atoms with Crippen molar-refractivity contribution in [3.05, 3.63) is 46.0 Å². The molecule has 3 nitrogen and oxygen atoms in total. The first-order valence-electron chi connectivity index (χ1n) is 4.93. The van der Waals surface area contributed by atoms with Crippen LogP contribution in [0.4, 0.5) is 10.1 Å². The molecule has 0 aliphatic heterocycles. The van der Waals surface area contributed by atoms with Crippen LogP contribution in [0.15, 0.2) is 34.5 Å². The molecule has 0 saturated carbocycles. The largest absolute Gasteiger partial charge is 0.279 e. The molecule has 2 rings (SSSR count). The third kappa shape index (κ3) is 2.82. The van der Waals surface area contributed by atoms with Crippen LogP contribution in [0.2, 0.25) is 5.02 Å². The summed E-state index contributed by atoms with van der Waals surface area (Å²) in [5, 5.41) is -0.127. The van der Waals surface area contributed by atoms with Crippen LogP contribution in [0.5, 0.6) is 0 Å². The fraction of sp³-hybridized carbons (Fsp3) is 0.0909. The van der Waals surface area contributed by atoms with Gasteiger partial charge in [0.15, 0.2) is 0 Å². The zero-order chi connectivity index (χ0) is 13.3. The Labute approximate surface area is 113 Å². The Hall–Kier alpha value is -1.11. The molecule has 2 aromatic rings. The Morgan fingerprint density at radius 1 is 1.28 bits per heavy atom. The van der Waals surface area contributed by atoms with E-state index < -0.39 is 15.8 Å². The molecule has 1 aromatic heterocycles. The van der Waals surface area contributed by atoms with Crippen molar-refractivity contribution in [2.45, 2.75) is 11.1 Å². The van der Waals surface area contributed by atoms with Gasteiger partial charge in [-0.2, -0.15) is 0 Å². The molecule has 0 unspecified atom stereocenters. The van der Waals surface area contributed by atoms with Crippen molar-refractivity contribution in [2.75, 3.05) is 4.72 Å². The predicted molar refractivity (Wildman–Crippen MR) is 71.3 cm³/mol. The van der Waals surface area contributed by atoms with Gasteiger partial charge in [-0.3, -0.25) is 4.72 Å². The molecular formula is C11H9ClFNO2S2. The molecule has 1 heterocycles. The Morgan fingerprint density at radius 3 is 2.56 bits per heavy atom. The normalized spacial score (nSPS) is 11.5. The van der Waals surface area contributed by atoms with Gasteiger partial charge < -0.3 is 0 Å². The maximum Gasteiger partial charge on any atom is 0.271 e. The summed E-state index contributed by atoms with van der Waals surface area (Å²) in [4.78, 5) is 0.896. The SMILES string of the molecule is Cc1ccc(S(=O)(=O)Nc2ccc(F)c(Cl)c2)s1. The molecule has 1 aromatic carbocycles. The molecule has 0 atom stereocenters. The average Bonchev–Trinajstić information content (AvgIpc) is 2.71. The molecule has 0 saturated heterocycles. The molecular weight excluding hydrogens is 297 g/mol. The van der Waals surface area contributed by atoms with E-state index in [9.17, 15) is 12.8 Å². The van der Waals surface area contributed by atoms with E-state index in [0.717, 1.165) is 22.3 Å². The summed E-state index contributed by atoms with van der Waals surface area (Å²) in [5.41, 5.74) is 0.229. The highest BCUT2D eigenvalue weighted by molar-refractivity contribution is 7.94. The summed E-state index contributed by atoms with van der Waals surface area (Å²) in [5.74, 6) is -0.591. The molecule has 0 amide bonds. The summed E-state index contributed by atoms with van der Waals surface area (Å²) in [7, 11) is -3.63. The smallest absolute Gasteiger partial charge is 0.271 e. The Morgan fingerprint density at radius 2 is 2.00 bits per heavy atom. The predicted octanol–water partition coefficient (Wildman–Crippen LogP) is 3.65. The first kappa shape index (κ1) is 13.3. The van der Waals surface area contributed by atoms with Crippen LogP contribution >= 0.6 is 22.9 Å². The Bertz CT molecular complexity index is 682. The van der Waals surface area contributed by atoms with Gasteiger partial charge in [-0.15, -0.1) is 11.3 Å². The zero-order valence-electron chi connectivity index (χ0n) is 9.28. The van der Waals surface area contributed by atoms with Gasteiger partial charge in [-0.25, -0.2) is 12.8 Å². The van der Waals surface area contributed by atoms with Crippen LogP contribution in [0.1, 0.15) is 4.88 Å². The minimum atomic E-state index is -3.63. The number of halogens is 2. The third-order valence-corrected chi connectivity index (χ3v) is 5.32. The molecule has 1 N–H and O–H groups in total. The molecule has 96 valence electrons. The van der Waals surface area contributed by atoms with Crippen molar-refractivity contribution in [3.8, 4) is 0 Å². The van der Waals surface area contributed by atoms with Crippen molar-refractivity contribution in [1.29, 1.82) is 0 Å². The van der Waals surface area contributed by atoms with Gasteiger partial charge in [0, 0.05) is 4.88 Å². The van der Waals surface area contributed by atoms with Gasteiger partial charge in [0.05, 0.1) is 10.7 Å². The van der Waals surface area contributed by atoms with E-state index in [4.69, 9.17) is 11.6 Å². The van der Waals surface area contributed by atoms with Crippen LogP contribution < -0.4 is 4.72 Å². The second-order valence-corrected chi connectivity index (χ2v) is 7.20. The van der Waals surface area contributed by atoms with Crippen LogP contribution in [0.25, 0.3) is 0 Å². The van der Waals surface area contributed by atoms with E-state index in [2.05, 4.69) is 4.72 Å². The topological polar surface area (TPSA) is 46.2 Å². The van der Waals surface area contributed by atoms with Crippen molar-refractivity contribution in [2.24, 2.45) is 0 Å². The van der Waals surface area contributed by atoms with Gasteiger partial charge in [-0.1, -0.05) is 11.6 Å². The van der Waals surface area contributed by atoms with Crippen molar-refractivity contribution in [1.82, 2.24) is 0 Å². The summed E-state index contributed by atoms with van der Waals surface area (Å²) in [6, 6.07) is 6.90. The number of rotatable bonds is 3. The number of sulfonamides is 1. The molecule has 7 heteroatoms. The number of nitrogens with one attached hydrogen (secondary N) is 1. The lowest BCUT2D eigenvalue weighted by Crippen LogP contribution is -2.11. The van der Waals surface area contributed by atoms with Crippen LogP contribution in [-0.2, 0) is 10.0 Å². The van der Waals surface area contributed by atoms with E-state index in [0.29, 0.717) is 0 Å². The lowest BCUT2D eigenvalue weighted by atomic mass is 10.3. The summed E-state index contributed by atoms with van der Waals surface area (Å²) < 4.78 is 39.5.